The molecule has 0 bridgehead atoms. The highest BCUT2D eigenvalue weighted by atomic mass is 16.5. The Morgan fingerprint density at radius 2 is 1.69 bits per heavy atom. The number of aromatic nitrogens is 1. The first kappa shape index (κ1) is 20.1. The van der Waals surface area contributed by atoms with E-state index in [2.05, 4.69) is 34.3 Å². The number of morpholine rings is 1. The maximum Gasteiger partial charge on any atom is 0.259 e. The fraction of sp³-hybridized carbons (Fsp3) is 0.565. The molecule has 156 valence electrons. The first-order valence-corrected chi connectivity index (χ1v) is 10.7. The molecule has 0 radical (unpaired) electrons. The molecular weight excluding hydrogens is 366 g/mol. The van der Waals surface area contributed by atoms with Gasteiger partial charge in [-0.3, -0.25) is 9.69 Å². The van der Waals surface area contributed by atoms with E-state index < -0.39 is 0 Å². The van der Waals surface area contributed by atoms with Gasteiger partial charge in [0, 0.05) is 32.7 Å². The second kappa shape index (κ2) is 9.09. The van der Waals surface area contributed by atoms with Crippen LogP contribution in [0.4, 0.5) is 0 Å². The zero-order valence-corrected chi connectivity index (χ0v) is 17.5. The van der Waals surface area contributed by atoms with Crippen LogP contribution in [0.3, 0.4) is 0 Å². The zero-order chi connectivity index (χ0) is 20.2. The standard InChI is InChI=1S/C23H31N3O3/c1-17-22(18(2)29-24-17)23(27)26-9-7-20(8-10-26)15-19-3-5-21(6-4-19)16-25-11-13-28-14-12-25/h3-6,20H,7-16H2,1-2H3. The fourth-order valence-electron chi connectivity index (χ4n) is 4.42. The molecular formula is C23H31N3O3. The van der Waals surface area contributed by atoms with Crippen LogP contribution in [0.5, 0.6) is 0 Å². The third-order valence-electron chi connectivity index (χ3n) is 6.21. The summed E-state index contributed by atoms with van der Waals surface area (Å²) in [6, 6.07) is 9.08. The maximum absolute atomic E-state index is 12.8. The Hall–Kier alpha value is -2.18. The SMILES string of the molecule is Cc1noc(C)c1C(=O)N1CCC(Cc2ccc(CN3CCOCC3)cc2)CC1. The number of aryl methyl sites for hydroxylation is 2. The molecule has 29 heavy (non-hydrogen) atoms. The van der Waals surface area contributed by atoms with Crippen LogP contribution in [0.25, 0.3) is 0 Å². The van der Waals surface area contributed by atoms with Crippen molar-refractivity contribution in [3.05, 3.63) is 52.4 Å². The fourth-order valence-corrected chi connectivity index (χ4v) is 4.42. The van der Waals surface area contributed by atoms with Crippen LogP contribution in [-0.4, -0.2) is 60.3 Å². The summed E-state index contributed by atoms with van der Waals surface area (Å²) in [6.07, 6.45) is 3.18. The van der Waals surface area contributed by atoms with Gasteiger partial charge in [-0.05, 0) is 50.2 Å². The first-order chi connectivity index (χ1) is 14.1. The average molecular weight is 398 g/mol. The largest absolute Gasteiger partial charge is 0.379 e. The van der Waals surface area contributed by atoms with Gasteiger partial charge in [0.05, 0.1) is 18.9 Å². The Kier molecular flexibility index (Phi) is 6.31. The highest BCUT2D eigenvalue weighted by Crippen LogP contribution is 2.24. The minimum absolute atomic E-state index is 0.0622. The lowest BCUT2D eigenvalue weighted by Crippen LogP contribution is -2.39. The number of nitrogens with zero attached hydrogens (tertiary/aromatic N) is 3. The van der Waals surface area contributed by atoms with Gasteiger partial charge in [0.15, 0.2) is 0 Å². The number of piperidine rings is 1. The lowest BCUT2D eigenvalue weighted by molar-refractivity contribution is 0.0342. The van der Waals surface area contributed by atoms with E-state index >= 15 is 0 Å². The molecule has 6 nitrogen and oxygen atoms in total. The summed E-state index contributed by atoms with van der Waals surface area (Å²) in [5.74, 6) is 1.31. The van der Waals surface area contributed by atoms with Crippen molar-refractivity contribution in [2.45, 2.75) is 39.7 Å². The molecule has 2 aliphatic heterocycles. The lowest BCUT2D eigenvalue weighted by atomic mass is 9.89. The Morgan fingerprint density at radius 3 is 2.31 bits per heavy atom. The van der Waals surface area contributed by atoms with Crippen molar-refractivity contribution in [2.75, 3.05) is 39.4 Å². The third-order valence-corrected chi connectivity index (χ3v) is 6.21. The van der Waals surface area contributed by atoms with E-state index in [9.17, 15) is 4.79 Å². The van der Waals surface area contributed by atoms with Crippen LogP contribution in [0.1, 0.15) is 45.8 Å². The van der Waals surface area contributed by atoms with Gasteiger partial charge in [-0.25, -0.2) is 0 Å². The number of carbonyl (C=O) groups excluding carboxylic acids is 1. The van der Waals surface area contributed by atoms with E-state index in [1.54, 1.807) is 0 Å². The second-order valence-electron chi connectivity index (χ2n) is 8.34. The minimum Gasteiger partial charge on any atom is -0.379 e. The molecule has 0 saturated carbocycles. The van der Waals surface area contributed by atoms with Gasteiger partial charge in [0.2, 0.25) is 0 Å². The zero-order valence-electron chi connectivity index (χ0n) is 17.5. The van der Waals surface area contributed by atoms with Gasteiger partial charge >= 0.3 is 0 Å². The van der Waals surface area contributed by atoms with Crippen molar-refractivity contribution in [1.29, 1.82) is 0 Å². The summed E-state index contributed by atoms with van der Waals surface area (Å²) in [4.78, 5) is 17.2. The average Bonchev–Trinajstić information content (AvgIpc) is 3.08. The molecule has 2 fully saturated rings. The highest BCUT2D eigenvalue weighted by Gasteiger charge is 2.27. The molecule has 1 aromatic heterocycles. The van der Waals surface area contributed by atoms with Gasteiger partial charge in [0.25, 0.3) is 5.91 Å². The number of ether oxygens (including phenoxy) is 1. The van der Waals surface area contributed by atoms with Gasteiger partial charge < -0.3 is 14.2 Å². The highest BCUT2D eigenvalue weighted by molar-refractivity contribution is 5.96. The molecule has 2 aliphatic rings. The number of rotatable bonds is 5. The van der Waals surface area contributed by atoms with E-state index in [1.165, 1.54) is 11.1 Å². The predicted molar refractivity (Wildman–Crippen MR) is 111 cm³/mol. The topological polar surface area (TPSA) is 58.8 Å². The molecule has 1 amide bonds. The first-order valence-electron chi connectivity index (χ1n) is 10.7. The summed E-state index contributed by atoms with van der Waals surface area (Å²) in [6.45, 7) is 9.99. The molecule has 0 unspecified atom stereocenters. The molecule has 0 aliphatic carbocycles. The molecule has 3 heterocycles. The van der Waals surface area contributed by atoms with Crippen molar-refractivity contribution in [2.24, 2.45) is 5.92 Å². The maximum atomic E-state index is 12.8. The number of carbonyl (C=O) groups is 1. The molecule has 1 aromatic carbocycles. The van der Waals surface area contributed by atoms with Crippen LogP contribution in [0.2, 0.25) is 0 Å². The van der Waals surface area contributed by atoms with Crippen molar-refractivity contribution in [3.8, 4) is 0 Å². The molecule has 2 saturated heterocycles. The number of likely N-dealkylation sites (tertiary alicyclic amines) is 1. The molecule has 4 rings (SSSR count). The van der Waals surface area contributed by atoms with Crippen LogP contribution in [0, 0.1) is 19.8 Å². The predicted octanol–water partition coefficient (Wildman–Crippen LogP) is 3.22. The number of hydrogen-bond acceptors (Lipinski definition) is 5. The molecule has 6 heteroatoms. The Morgan fingerprint density at radius 1 is 1.03 bits per heavy atom. The van der Waals surface area contributed by atoms with Gasteiger partial charge in [0.1, 0.15) is 11.3 Å². The quantitative estimate of drug-likeness (QED) is 0.775. The van der Waals surface area contributed by atoms with Crippen molar-refractivity contribution in [1.82, 2.24) is 15.0 Å². The molecule has 2 aromatic rings. The Bertz CT molecular complexity index is 797. The van der Waals surface area contributed by atoms with E-state index in [1.807, 2.05) is 18.7 Å². The molecule has 0 N–H and O–H groups in total. The van der Waals surface area contributed by atoms with Crippen LogP contribution >= 0.6 is 0 Å². The van der Waals surface area contributed by atoms with Crippen molar-refractivity contribution >= 4 is 5.91 Å². The summed E-state index contributed by atoms with van der Waals surface area (Å²) in [7, 11) is 0. The summed E-state index contributed by atoms with van der Waals surface area (Å²) in [5, 5.41) is 3.91. The lowest BCUT2D eigenvalue weighted by Gasteiger charge is -2.32. The Balaban J connectivity index is 1.26. The number of benzene rings is 1. The second-order valence-corrected chi connectivity index (χ2v) is 8.34. The van der Waals surface area contributed by atoms with E-state index in [0.717, 1.165) is 65.2 Å². The van der Waals surface area contributed by atoms with Crippen molar-refractivity contribution in [3.63, 3.8) is 0 Å². The normalized spacial score (nSPS) is 18.9. The van der Waals surface area contributed by atoms with Crippen LogP contribution < -0.4 is 0 Å². The van der Waals surface area contributed by atoms with Gasteiger partial charge in [-0.15, -0.1) is 0 Å². The Labute approximate surface area is 172 Å². The third kappa shape index (κ3) is 4.87. The van der Waals surface area contributed by atoms with Gasteiger partial charge in [-0.1, -0.05) is 29.4 Å². The van der Waals surface area contributed by atoms with Crippen LogP contribution in [-0.2, 0) is 17.7 Å². The summed E-state index contributed by atoms with van der Waals surface area (Å²) in [5.41, 5.74) is 4.09. The summed E-state index contributed by atoms with van der Waals surface area (Å²) < 4.78 is 10.6. The smallest absolute Gasteiger partial charge is 0.259 e. The minimum atomic E-state index is 0.0622. The van der Waals surface area contributed by atoms with Crippen molar-refractivity contribution < 1.29 is 14.1 Å². The van der Waals surface area contributed by atoms with Gasteiger partial charge in [-0.2, -0.15) is 0 Å². The molecule has 0 atom stereocenters. The van der Waals surface area contributed by atoms with E-state index in [4.69, 9.17) is 9.26 Å². The number of hydrogen-bond donors (Lipinski definition) is 0. The summed E-state index contributed by atoms with van der Waals surface area (Å²) >= 11 is 0. The number of amides is 1. The van der Waals surface area contributed by atoms with Crippen LogP contribution in [0.15, 0.2) is 28.8 Å². The monoisotopic (exact) mass is 397 g/mol. The van der Waals surface area contributed by atoms with E-state index in [-0.39, 0.29) is 5.91 Å². The molecule has 0 spiro atoms. The van der Waals surface area contributed by atoms with E-state index in [0.29, 0.717) is 22.9 Å².